The van der Waals surface area contributed by atoms with E-state index in [9.17, 15) is 5.11 Å². The molecule has 1 fully saturated rings. The first kappa shape index (κ1) is 9.94. The molecule has 0 aromatic rings. The molecule has 2 heteroatoms. The average Bonchev–Trinajstić information content (AvgIpc) is 2.92. The van der Waals surface area contributed by atoms with Gasteiger partial charge in [0.15, 0.2) is 0 Å². The van der Waals surface area contributed by atoms with Crippen LogP contribution in [0, 0.1) is 0 Å². The SMILES string of the molecule is O[C@@H]1CC/C=C/CC/C=C\C[C@H]2O[C@@H]12. The van der Waals surface area contributed by atoms with E-state index < -0.39 is 0 Å². The van der Waals surface area contributed by atoms with Crippen molar-refractivity contribution in [3.05, 3.63) is 24.3 Å². The summed E-state index contributed by atoms with van der Waals surface area (Å²) >= 11 is 0. The molecule has 1 aliphatic carbocycles. The molecule has 0 saturated carbocycles. The summed E-state index contributed by atoms with van der Waals surface area (Å²) in [7, 11) is 0. The Morgan fingerprint density at radius 3 is 2.57 bits per heavy atom. The van der Waals surface area contributed by atoms with E-state index in [4.69, 9.17) is 4.74 Å². The van der Waals surface area contributed by atoms with E-state index in [1.54, 1.807) is 0 Å². The van der Waals surface area contributed by atoms with Crippen molar-refractivity contribution >= 4 is 0 Å². The number of hydrogen-bond donors (Lipinski definition) is 1. The van der Waals surface area contributed by atoms with E-state index >= 15 is 0 Å². The van der Waals surface area contributed by atoms with Crippen molar-refractivity contribution in [1.29, 1.82) is 0 Å². The van der Waals surface area contributed by atoms with Gasteiger partial charge in [0.05, 0.1) is 12.2 Å². The highest BCUT2D eigenvalue weighted by Crippen LogP contribution is 2.30. The zero-order chi connectivity index (χ0) is 9.80. The van der Waals surface area contributed by atoms with Gasteiger partial charge in [0.1, 0.15) is 6.10 Å². The van der Waals surface area contributed by atoms with Crippen molar-refractivity contribution in [3.63, 3.8) is 0 Å². The van der Waals surface area contributed by atoms with Crippen molar-refractivity contribution in [2.45, 2.75) is 50.4 Å². The maximum Gasteiger partial charge on any atom is 0.110 e. The Balaban J connectivity index is 1.87. The lowest BCUT2D eigenvalue weighted by molar-refractivity contribution is 0.127. The molecule has 1 N–H and O–H groups in total. The summed E-state index contributed by atoms with van der Waals surface area (Å²) < 4.78 is 5.42. The monoisotopic (exact) mass is 194 g/mol. The number of hydrogen-bond acceptors (Lipinski definition) is 2. The number of fused-ring (bicyclic) bond motifs is 1. The third-order valence-corrected chi connectivity index (χ3v) is 2.83. The quantitative estimate of drug-likeness (QED) is 0.473. The summed E-state index contributed by atoms with van der Waals surface area (Å²) in [6.45, 7) is 0. The molecule has 0 aromatic carbocycles. The van der Waals surface area contributed by atoms with Gasteiger partial charge in [-0.05, 0) is 32.1 Å². The second-order valence-corrected chi connectivity index (χ2v) is 4.04. The van der Waals surface area contributed by atoms with Gasteiger partial charge >= 0.3 is 0 Å². The molecule has 0 amide bonds. The summed E-state index contributed by atoms with van der Waals surface area (Å²) in [5.41, 5.74) is 0. The highest BCUT2D eigenvalue weighted by molar-refractivity contribution is 4.99. The van der Waals surface area contributed by atoms with Crippen molar-refractivity contribution in [1.82, 2.24) is 0 Å². The molecular formula is C12H18O2. The van der Waals surface area contributed by atoms with Crippen LogP contribution in [0.1, 0.15) is 32.1 Å². The predicted octanol–water partition coefficient (Wildman–Crippen LogP) is 2.19. The van der Waals surface area contributed by atoms with Crippen LogP contribution < -0.4 is 0 Å². The molecule has 0 bridgehead atoms. The molecule has 2 aliphatic rings. The van der Waals surface area contributed by atoms with Crippen LogP contribution in [0.5, 0.6) is 0 Å². The van der Waals surface area contributed by atoms with Gasteiger partial charge in [-0.2, -0.15) is 0 Å². The molecule has 14 heavy (non-hydrogen) atoms. The average molecular weight is 194 g/mol. The minimum absolute atomic E-state index is 0.104. The van der Waals surface area contributed by atoms with Crippen molar-refractivity contribution in [3.8, 4) is 0 Å². The van der Waals surface area contributed by atoms with Gasteiger partial charge in [-0.15, -0.1) is 0 Å². The second-order valence-electron chi connectivity index (χ2n) is 4.04. The number of aliphatic hydroxyl groups excluding tert-OH is 1. The Morgan fingerprint density at radius 2 is 1.71 bits per heavy atom. The summed E-state index contributed by atoms with van der Waals surface area (Å²) in [6, 6.07) is 0. The first-order valence-electron chi connectivity index (χ1n) is 5.51. The minimum Gasteiger partial charge on any atom is -0.390 e. The summed E-state index contributed by atoms with van der Waals surface area (Å²) in [5, 5.41) is 9.72. The summed E-state index contributed by atoms with van der Waals surface area (Å²) in [4.78, 5) is 0. The molecule has 1 aliphatic heterocycles. The lowest BCUT2D eigenvalue weighted by Gasteiger charge is -2.04. The molecule has 0 aromatic heterocycles. The number of allylic oxidation sites excluding steroid dienone is 3. The van der Waals surface area contributed by atoms with Gasteiger partial charge in [-0.1, -0.05) is 24.3 Å². The van der Waals surface area contributed by atoms with Crippen molar-refractivity contribution in [2.75, 3.05) is 0 Å². The lowest BCUT2D eigenvalue weighted by atomic mass is 10.1. The van der Waals surface area contributed by atoms with Gasteiger partial charge in [0.2, 0.25) is 0 Å². The van der Waals surface area contributed by atoms with E-state index in [2.05, 4.69) is 24.3 Å². The normalized spacial score (nSPS) is 42.8. The molecule has 78 valence electrons. The standard InChI is InChI=1S/C12H18O2/c13-10-8-6-4-2-1-3-5-7-9-11-12(10)14-11/h2,4-5,7,10-13H,1,3,6,8-9H2/b4-2+,7-5-/t10-,11-,12+/m1/s1. The number of rotatable bonds is 0. The summed E-state index contributed by atoms with van der Waals surface area (Å²) in [5.74, 6) is 0. The molecule has 2 rings (SSSR count). The zero-order valence-corrected chi connectivity index (χ0v) is 8.43. The summed E-state index contributed by atoms with van der Waals surface area (Å²) in [6.07, 6.45) is 13.9. The Hall–Kier alpha value is -0.600. The van der Waals surface area contributed by atoms with Crippen LogP contribution in [0.15, 0.2) is 24.3 Å². The number of ether oxygens (including phenoxy) is 1. The third-order valence-electron chi connectivity index (χ3n) is 2.83. The van der Waals surface area contributed by atoms with Crippen LogP contribution in [-0.4, -0.2) is 23.4 Å². The molecule has 0 spiro atoms. The molecule has 0 radical (unpaired) electrons. The highest BCUT2D eigenvalue weighted by atomic mass is 16.6. The van der Waals surface area contributed by atoms with Crippen LogP contribution >= 0.6 is 0 Å². The Bertz CT molecular complexity index is 232. The van der Waals surface area contributed by atoms with Gasteiger partial charge in [-0.25, -0.2) is 0 Å². The first-order valence-corrected chi connectivity index (χ1v) is 5.51. The first-order chi connectivity index (χ1) is 6.88. The van der Waals surface area contributed by atoms with E-state index in [1.807, 2.05) is 0 Å². The van der Waals surface area contributed by atoms with E-state index in [0.29, 0.717) is 0 Å². The molecular weight excluding hydrogens is 176 g/mol. The van der Waals surface area contributed by atoms with Crippen LogP contribution in [0.4, 0.5) is 0 Å². The van der Waals surface area contributed by atoms with Crippen molar-refractivity contribution < 1.29 is 9.84 Å². The van der Waals surface area contributed by atoms with Gasteiger partial charge in [-0.3, -0.25) is 0 Å². The molecule has 1 saturated heterocycles. The highest BCUT2D eigenvalue weighted by Gasteiger charge is 2.42. The van der Waals surface area contributed by atoms with Crippen LogP contribution in [0.25, 0.3) is 0 Å². The van der Waals surface area contributed by atoms with Gasteiger partial charge in [0.25, 0.3) is 0 Å². The lowest BCUT2D eigenvalue weighted by Crippen LogP contribution is -2.16. The largest absolute Gasteiger partial charge is 0.390 e. The predicted molar refractivity (Wildman–Crippen MR) is 56.0 cm³/mol. The van der Waals surface area contributed by atoms with Crippen LogP contribution in [0.2, 0.25) is 0 Å². The maximum absolute atomic E-state index is 9.72. The van der Waals surface area contributed by atoms with Crippen molar-refractivity contribution in [2.24, 2.45) is 0 Å². The van der Waals surface area contributed by atoms with Gasteiger partial charge in [0, 0.05) is 0 Å². The minimum atomic E-state index is -0.266. The van der Waals surface area contributed by atoms with E-state index in [-0.39, 0.29) is 18.3 Å². The Morgan fingerprint density at radius 1 is 1.00 bits per heavy atom. The fraction of sp³-hybridized carbons (Fsp3) is 0.667. The van der Waals surface area contributed by atoms with Crippen LogP contribution in [0.3, 0.4) is 0 Å². The van der Waals surface area contributed by atoms with E-state index in [1.165, 1.54) is 0 Å². The Kier molecular flexibility index (Phi) is 3.38. The molecule has 0 unspecified atom stereocenters. The molecule has 1 heterocycles. The van der Waals surface area contributed by atoms with Crippen LogP contribution in [-0.2, 0) is 4.74 Å². The topological polar surface area (TPSA) is 32.8 Å². The smallest absolute Gasteiger partial charge is 0.110 e. The zero-order valence-electron chi connectivity index (χ0n) is 8.43. The number of epoxide rings is 1. The van der Waals surface area contributed by atoms with Gasteiger partial charge < -0.3 is 9.84 Å². The van der Waals surface area contributed by atoms with E-state index in [0.717, 1.165) is 32.1 Å². The Labute approximate surface area is 85.3 Å². The fourth-order valence-corrected chi connectivity index (χ4v) is 1.89. The second kappa shape index (κ2) is 4.76. The fourth-order valence-electron chi connectivity index (χ4n) is 1.89. The third kappa shape index (κ3) is 2.69. The number of aliphatic hydroxyl groups is 1. The maximum atomic E-state index is 9.72. The molecule has 3 atom stereocenters. The molecule has 2 nitrogen and oxygen atoms in total.